The van der Waals surface area contributed by atoms with Crippen molar-refractivity contribution in [3.05, 3.63) is 16.2 Å². The molecular formula is C12H18BrN3O. The summed E-state index contributed by atoms with van der Waals surface area (Å²) in [5, 5.41) is 0. The van der Waals surface area contributed by atoms with Gasteiger partial charge >= 0.3 is 0 Å². The van der Waals surface area contributed by atoms with Crippen LogP contribution in [0, 0.1) is 6.92 Å². The van der Waals surface area contributed by atoms with Gasteiger partial charge in [-0.1, -0.05) is 0 Å². The Morgan fingerprint density at radius 3 is 2.94 bits per heavy atom. The van der Waals surface area contributed by atoms with Gasteiger partial charge < -0.3 is 15.4 Å². The monoisotopic (exact) mass is 299 g/mol. The lowest BCUT2D eigenvalue weighted by Gasteiger charge is -2.38. The predicted molar refractivity (Wildman–Crippen MR) is 73.3 cm³/mol. The molecule has 0 saturated carbocycles. The SMILES string of the molecule is Cc1c(N)cnc(N2CC(C)OCC2C)c1Br. The Kier molecular flexibility index (Phi) is 3.58. The molecule has 1 aliphatic rings. The van der Waals surface area contributed by atoms with E-state index in [4.69, 9.17) is 10.5 Å². The Balaban J connectivity index is 2.36. The first-order valence-electron chi connectivity index (χ1n) is 5.79. The average Bonchev–Trinajstić information content (AvgIpc) is 2.30. The Morgan fingerprint density at radius 2 is 2.24 bits per heavy atom. The van der Waals surface area contributed by atoms with Crippen LogP contribution >= 0.6 is 15.9 Å². The van der Waals surface area contributed by atoms with Crippen LogP contribution in [0.15, 0.2) is 10.7 Å². The summed E-state index contributed by atoms with van der Waals surface area (Å²) in [4.78, 5) is 6.71. The molecule has 2 unspecified atom stereocenters. The standard InChI is InChI=1S/C12H18BrN3O/c1-7-6-17-8(2)5-16(7)12-11(13)9(3)10(14)4-15-12/h4,7-8H,5-6,14H2,1-3H3. The van der Waals surface area contributed by atoms with Crippen LogP contribution in [0.25, 0.3) is 0 Å². The van der Waals surface area contributed by atoms with Crippen LogP contribution in [-0.4, -0.2) is 30.3 Å². The average molecular weight is 300 g/mol. The van der Waals surface area contributed by atoms with E-state index < -0.39 is 0 Å². The van der Waals surface area contributed by atoms with E-state index in [2.05, 4.69) is 39.7 Å². The number of morpholine rings is 1. The van der Waals surface area contributed by atoms with E-state index in [0.717, 1.165) is 34.7 Å². The van der Waals surface area contributed by atoms with E-state index >= 15 is 0 Å². The molecule has 5 heteroatoms. The fourth-order valence-corrected chi connectivity index (χ4v) is 2.54. The van der Waals surface area contributed by atoms with Gasteiger partial charge in [-0.15, -0.1) is 0 Å². The molecule has 4 nitrogen and oxygen atoms in total. The van der Waals surface area contributed by atoms with Gasteiger partial charge in [0, 0.05) is 6.54 Å². The summed E-state index contributed by atoms with van der Waals surface area (Å²) in [6, 6.07) is 0.332. The zero-order valence-electron chi connectivity index (χ0n) is 10.4. The number of nitrogens with two attached hydrogens (primary N) is 1. The lowest BCUT2D eigenvalue weighted by atomic mass is 10.2. The molecule has 1 saturated heterocycles. The molecule has 0 aromatic carbocycles. The smallest absolute Gasteiger partial charge is 0.143 e. The Bertz CT molecular complexity index is 424. The van der Waals surface area contributed by atoms with E-state index in [9.17, 15) is 0 Å². The number of aromatic nitrogens is 1. The fourth-order valence-electron chi connectivity index (χ4n) is 1.98. The maximum Gasteiger partial charge on any atom is 0.143 e. The topological polar surface area (TPSA) is 51.4 Å². The maximum atomic E-state index is 5.85. The van der Waals surface area contributed by atoms with E-state index in [0.29, 0.717) is 6.04 Å². The van der Waals surface area contributed by atoms with Gasteiger partial charge in [-0.2, -0.15) is 0 Å². The predicted octanol–water partition coefficient (Wildman–Crippen LogP) is 2.35. The molecular weight excluding hydrogens is 282 g/mol. The van der Waals surface area contributed by atoms with Gasteiger partial charge in [0.25, 0.3) is 0 Å². The van der Waals surface area contributed by atoms with Crippen molar-refractivity contribution in [2.45, 2.75) is 32.9 Å². The van der Waals surface area contributed by atoms with Crippen LogP contribution in [0.3, 0.4) is 0 Å². The summed E-state index contributed by atoms with van der Waals surface area (Å²) in [6.45, 7) is 7.82. The van der Waals surface area contributed by atoms with Crippen LogP contribution in [0.4, 0.5) is 11.5 Å². The summed E-state index contributed by atoms with van der Waals surface area (Å²) in [5.41, 5.74) is 7.61. The third-order valence-electron chi connectivity index (χ3n) is 3.16. The molecule has 1 fully saturated rings. The fraction of sp³-hybridized carbons (Fsp3) is 0.583. The van der Waals surface area contributed by atoms with Crippen molar-refractivity contribution >= 4 is 27.4 Å². The third kappa shape index (κ3) is 2.40. The molecule has 0 bridgehead atoms. The van der Waals surface area contributed by atoms with Gasteiger partial charge in [-0.25, -0.2) is 4.98 Å². The van der Waals surface area contributed by atoms with Crippen molar-refractivity contribution in [3.8, 4) is 0 Å². The summed E-state index contributed by atoms with van der Waals surface area (Å²) in [6.07, 6.45) is 1.96. The van der Waals surface area contributed by atoms with Crippen LogP contribution in [0.2, 0.25) is 0 Å². The molecule has 0 radical (unpaired) electrons. The summed E-state index contributed by atoms with van der Waals surface area (Å²) < 4.78 is 6.61. The number of halogens is 1. The number of pyridine rings is 1. The second kappa shape index (κ2) is 4.82. The maximum absolute atomic E-state index is 5.85. The molecule has 0 aliphatic carbocycles. The normalized spacial score (nSPS) is 25.1. The number of nitrogens with zero attached hydrogens (tertiary/aromatic N) is 2. The van der Waals surface area contributed by atoms with Gasteiger partial charge in [0.05, 0.1) is 35.1 Å². The van der Waals surface area contributed by atoms with Crippen LogP contribution in [-0.2, 0) is 4.74 Å². The number of nitrogen functional groups attached to an aromatic ring is 1. The quantitative estimate of drug-likeness (QED) is 0.865. The molecule has 2 atom stereocenters. The lowest BCUT2D eigenvalue weighted by molar-refractivity contribution is 0.0340. The van der Waals surface area contributed by atoms with Gasteiger partial charge in [0.2, 0.25) is 0 Å². The first-order valence-corrected chi connectivity index (χ1v) is 6.58. The third-order valence-corrected chi connectivity index (χ3v) is 4.11. The second-order valence-electron chi connectivity index (χ2n) is 4.62. The Hall–Kier alpha value is -0.810. The number of anilines is 2. The molecule has 2 rings (SSSR count). The number of hydrogen-bond donors (Lipinski definition) is 1. The Labute approximate surface area is 110 Å². The molecule has 0 spiro atoms. The summed E-state index contributed by atoms with van der Waals surface area (Å²) in [7, 11) is 0. The first-order chi connectivity index (χ1) is 8.00. The van der Waals surface area contributed by atoms with E-state index in [1.54, 1.807) is 6.20 Å². The van der Waals surface area contributed by atoms with Crippen molar-refractivity contribution < 1.29 is 4.74 Å². The summed E-state index contributed by atoms with van der Waals surface area (Å²) >= 11 is 3.59. The first kappa shape index (κ1) is 12.6. The van der Waals surface area contributed by atoms with E-state index in [1.807, 2.05) is 6.92 Å². The highest BCUT2D eigenvalue weighted by Crippen LogP contribution is 2.32. The molecule has 1 aliphatic heterocycles. The highest BCUT2D eigenvalue weighted by Gasteiger charge is 2.26. The largest absolute Gasteiger partial charge is 0.397 e. The van der Waals surface area contributed by atoms with Gasteiger partial charge in [0.15, 0.2) is 0 Å². The molecule has 1 aromatic heterocycles. The van der Waals surface area contributed by atoms with Crippen molar-refractivity contribution in [1.29, 1.82) is 0 Å². The minimum Gasteiger partial charge on any atom is -0.397 e. The van der Waals surface area contributed by atoms with Crippen LogP contribution in [0.1, 0.15) is 19.4 Å². The van der Waals surface area contributed by atoms with E-state index in [1.165, 1.54) is 0 Å². The minimum absolute atomic E-state index is 0.234. The number of ether oxygens (including phenoxy) is 1. The zero-order chi connectivity index (χ0) is 12.6. The molecule has 2 heterocycles. The van der Waals surface area contributed by atoms with Crippen molar-refractivity contribution in [1.82, 2.24) is 4.98 Å². The van der Waals surface area contributed by atoms with Crippen LogP contribution in [0.5, 0.6) is 0 Å². The van der Waals surface area contributed by atoms with Gasteiger partial charge in [-0.3, -0.25) is 0 Å². The molecule has 17 heavy (non-hydrogen) atoms. The van der Waals surface area contributed by atoms with Crippen LogP contribution < -0.4 is 10.6 Å². The molecule has 2 N–H and O–H groups in total. The molecule has 1 aromatic rings. The van der Waals surface area contributed by atoms with Crippen molar-refractivity contribution in [2.75, 3.05) is 23.8 Å². The highest BCUT2D eigenvalue weighted by molar-refractivity contribution is 9.10. The number of hydrogen-bond acceptors (Lipinski definition) is 4. The summed E-state index contributed by atoms with van der Waals surface area (Å²) in [5.74, 6) is 0.958. The van der Waals surface area contributed by atoms with Crippen molar-refractivity contribution in [3.63, 3.8) is 0 Å². The Morgan fingerprint density at radius 1 is 1.53 bits per heavy atom. The van der Waals surface area contributed by atoms with E-state index in [-0.39, 0.29) is 6.10 Å². The second-order valence-corrected chi connectivity index (χ2v) is 5.41. The molecule has 0 amide bonds. The molecule has 94 valence electrons. The van der Waals surface area contributed by atoms with Crippen molar-refractivity contribution in [2.24, 2.45) is 0 Å². The lowest BCUT2D eigenvalue weighted by Crippen LogP contribution is -2.48. The van der Waals surface area contributed by atoms with Gasteiger partial charge in [0.1, 0.15) is 5.82 Å². The number of rotatable bonds is 1. The highest BCUT2D eigenvalue weighted by atomic mass is 79.9. The zero-order valence-corrected chi connectivity index (χ0v) is 12.0. The van der Waals surface area contributed by atoms with Gasteiger partial charge in [-0.05, 0) is 42.3 Å². The minimum atomic E-state index is 0.234.